The molecule has 1 heterocycles. The fourth-order valence-electron chi connectivity index (χ4n) is 2.37. The third-order valence-electron chi connectivity index (χ3n) is 3.35. The van der Waals surface area contributed by atoms with Crippen molar-refractivity contribution in [3.63, 3.8) is 0 Å². The molecule has 0 amide bonds. The normalized spacial score (nSPS) is 18.9. The first kappa shape index (κ1) is 12.3. The summed E-state index contributed by atoms with van der Waals surface area (Å²) in [5, 5.41) is 0. The van der Waals surface area contributed by atoms with Gasteiger partial charge < -0.3 is 5.73 Å². The van der Waals surface area contributed by atoms with Crippen molar-refractivity contribution in [2.75, 3.05) is 19.6 Å². The molecule has 1 aliphatic rings. The largest absolute Gasteiger partial charge is 0.324 e. The molecular formula is C15H22N2. The lowest BCUT2D eigenvalue weighted by molar-refractivity contribution is 0.378. The van der Waals surface area contributed by atoms with Gasteiger partial charge in [-0.05, 0) is 44.0 Å². The number of benzene rings is 1. The molecule has 1 fully saturated rings. The zero-order chi connectivity index (χ0) is 12.1. The van der Waals surface area contributed by atoms with Crippen molar-refractivity contribution < 1.29 is 0 Å². The molecule has 0 radical (unpaired) electrons. The summed E-state index contributed by atoms with van der Waals surface area (Å²) in [7, 11) is 0. The average molecular weight is 230 g/mol. The molecule has 2 nitrogen and oxygen atoms in total. The van der Waals surface area contributed by atoms with Gasteiger partial charge in [-0.15, -0.1) is 0 Å². The second kappa shape index (κ2) is 5.99. The zero-order valence-corrected chi connectivity index (χ0v) is 10.6. The van der Waals surface area contributed by atoms with Gasteiger partial charge in [-0.25, -0.2) is 0 Å². The van der Waals surface area contributed by atoms with Crippen molar-refractivity contribution in [2.24, 2.45) is 5.73 Å². The van der Waals surface area contributed by atoms with Crippen molar-refractivity contribution in [1.29, 1.82) is 0 Å². The molecule has 2 heteroatoms. The Balaban J connectivity index is 1.99. The van der Waals surface area contributed by atoms with Crippen LogP contribution in [0.2, 0.25) is 0 Å². The predicted octanol–water partition coefficient (Wildman–Crippen LogP) is 2.82. The number of likely N-dealkylation sites (tertiary alicyclic amines) is 1. The summed E-state index contributed by atoms with van der Waals surface area (Å²) in [5.74, 6) is 0. The molecule has 1 aromatic rings. The van der Waals surface area contributed by atoms with Gasteiger partial charge in [-0.1, -0.05) is 36.4 Å². The Morgan fingerprint density at radius 2 is 2.00 bits per heavy atom. The van der Waals surface area contributed by atoms with E-state index in [4.69, 9.17) is 5.73 Å². The van der Waals surface area contributed by atoms with Crippen LogP contribution in [0.25, 0.3) is 6.08 Å². The fraction of sp³-hybridized carbons (Fsp3) is 0.467. The molecular weight excluding hydrogens is 208 g/mol. The lowest BCUT2D eigenvalue weighted by atomic mass is 10.0. The van der Waals surface area contributed by atoms with Gasteiger partial charge in [0.05, 0.1) is 0 Å². The average Bonchev–Trinajstić information content (AvgIpc) is 2.82. The minimum atomic E-state index is 0.0997. The molecule has 1 unspecified atom stereocenters. The molecule has 1 aromatic carbocycles. The summed E-state index contributed by atoms with van der Waals surface area (Å²) < 4.78 is 0. The lowest BCUT2D eigenvalue weighted by Crippen LogP contribution is -2.18. The molecule has 1 atom stereocenters. The van der Waals surface area contributed by atoms with Gasteiger partial charge in [0.15, 0.2) is 0 Å². The highest BCUT2D eigenvalue weighted by Crippen LogP contribution is 2.17. The summed E-state index contributed by atoms with van der Waals surface area (Å²) in [6.45, 7) is 5.60. The minimum Gasteiger partial charge on any atom is -0.324 e. The summed E-state index contributed by atoms with van der Waals surface area (Å²) >= 11 is 0. The van der Waals surface area contributed by atoms with Crippen molar-refractivity contribution >= 4 is 6.08 Å². The number of hydrogen-bond acceptors (Lipinski definition) is 2. The third-order valence-corrected chi connectivity index (χ3v) is 3.35. The van der Waals surface area contributed by atoms with E-state index in [2.05, 4.69) is 41.3 Å². The van der Waals surface area contributed by atoms with Crippen molar-refractivity contribution in [3.8, 4) is 0 Å². The quantitative estimate of drug-likeness (QED) is 0.862. The molecule has 0 bridgehead atoms. The summed E-state index contributed by atoms with van der Waals surface area (Å²) in [6.07, 6.45) is 7.16. The molecule has 1 aliphatic heterocycles. The maximum Gasteiger partial charge on any atom is 0.0272 e. The van der Waals surface area contributed by atoms with Gasteiger partial charge >= 0.3 is 0 Å². The molecule has 0 aromatic heterocycles. The maximum absolute atomic E-state index is 5.96. The van der Waals surface area contributed by atoms with Gasteiger partial charge in [0.25, 0.3) is 0 Å². The van der Waals surface area contributed by atoms with Gasteiger partial charge in [-0.3, -0.25) is 4.90 Å². The van der Waals surface area contributed by atoms with Gasteiger partial charge in [0, 0.05) is 12.6 Å². The molecule has 0 saturated carbocycles. The van der Waals surface area contributed by atoms with Crippen LogP contribution >= 0.6 is 0 Å². The summed E-state index contributed by atoms with van der Waals surface area (Å²) in [6, 6.07) is 8.47. The SMILES string of the molecule is CC(N)c1ccccc1/C=C/CN1CCCC1. The molecule has 17 heavy (non-hydrogen) atoms. The van der Waals surface area contributed by atoms with E-state index in [1.54, 1.807) is 0 Å². The zero-order valence-electron chi connectivity index (χ0n) is 10.6. The highest BCUT2D eigenvalue weighted by Gasteiger charge is 2.09. The van der Waals surface area contributed by atoms with Crippen LogP contribution in [0.5, 0.6) is 0 Å². The van der Waals surface area contributed by atoms with Crippen LogP contribution in [0.1, 0.15) is 36.9 Å². The number of nitrogens with zero attached hydrogens (tertiary/aromatic N) is 1. The van der Waals surface area contributed by atoms with Crippen LogP contribution in [0, 0.1) is 0 Å². The predicted molar refractivity (Wildman–Crippen MR) is 73.8 cm³/mol. The van der Waals surface area contributed by atoms with Crippen LogP contribution in [0.4, 0.5) is 0 Å². The van der Waals surface area contributed by atoms with E-state index in [0.717, 1.165) is 6.54 Å². The highest BCUT2D eigenvalue weighted by atomic mass is 15.1. The Hall–Kier alpha value is -1.12. The van der Waals surface area contributed by atoms with E-state index in [9.17, 15) is 0 Å². The first-order valence-electron chi connectivity index (χ1n) is 6.51. The number of hydrogen-bond donors (Lipinski definition) is 1. The topological polar surface area (TPSA) is 29.3 Å². The first-order valence-corrected chi connectivity index (χ1v) is 6.51. The molecule has 92 valence electrons. The second-order valence-electron chi connectivity index (χ2n) is 4.83. The fourth-order valence-corrected chi connectivity index (χ4v) is 2.37. The molecule has 0 spiro atoms. The molecule has 2 N–H and O–H groups in total. The van der Waals surface area contributed by atoms with Crippen LogP contribution in [0.3, 0.4) is 0 Å². The number of nitrogens with two attached hydrogens (primary N) is 1. The molecule has 0 aliphatic carbocycles. The van der Waals surface area contributed by atoms with Crippen LogP contribution < -0.4 is 5.73 Å². The van der Waals surface area contributed by atoms with E-state index in [-0.39, 0.29) is 6.04 Å². The third kappa shape index (κ3) is 3.42. The highest BCUT2D eigenvalue weighted by molar-refractivity contribution is 5.54. The van der Waals surface area contributed by atoms with E-state index in [0.29, 0.717) is 0 Å². The van der Waals surface area contributed by atoms with E-state index in [1.807, 2.05) is 6.92 Å². The second-order valence-corrected chi connectivity index (χ2v) is 4.83. The Kier molecular flexibility index (Phi) is 4.35. The van der Waals surface area contributed by atoms with Gasteiger partial charge in [0.1, 0.15) is 0 Å². The first-order chi connectivity index (χ1) is 8.27. The lowest BCUT2D eigenvalue weighted by Gasteiger charge is -2.12. The van der Waals surface area contributed by atoms with Gasteiger partial charge in [0.2, 0.25) is 0 Å². The molecule has 2 rings (SSSR count). The Morgan fingerprint density at radius 1 is 1.29 bits per heavy atom. The van der Waals surface area contributed by atoms with E-state index >= 15 is 0 Å². The summed E-state index contributed by atoms with van der Waals surface area (Å²) in [5.41, 5.74) is 8.44. The molecule has 1 saturated heterocycles. The Morgan fingerprint density at radius 3 is 2.71 bits per heavy atom. The smallest absolute Gasteiger partial charge is 0.0272 e. The van der Waals surface area contributed by atoms with Crippen LogP contribution in [-0.4, -0.2) is 24.5 Å². The van der Waals surface area contributed by atoms with Gasteiger partial charge in [-0.2, -0.15) is 0 Å². The van der Waals surface area contributed by atoms with Crippen LogP contribution in [-0.2, 0) is 0 Å². The number of rotatable bonds is 4. The maximum atomic E-state index is 5.96. The standard InChI is InChI=1S/C15H22N2/c1-13(16)15-9-3-2-7-14(15)8-6-12-17-10-4-5-11-17/h2-3,6-9,13H,4-5,10-12,16H2,1H3/b8-6+. The summed E-state index contributed by atoms with van der Waals surface area (Å²) in [4.78, 5) is 2.49. The van der Waals surface area contributed by atoms with E-state index < -0.39 is 0 Å². The van der Waals surface area contributed by atoms with Crippen molar-refractivity contribution in [1.82, 2.24) is 4.90 Å². The minimum absolute atomic E-state index is 0.0997. The Labute approximate surface area is 104 Å². The van der Waals surface area contributed by atoms with E-state index in [1.165, 1.54) is 37.1 Å². The van der Waals surface area contributed by atoms with Crippen molar-refractivity contribution in [2.45, 2.75) is 25.8 Å². The van der Waals surface area contributed by atoms with Crippen molar-refractivity contribution in [3.05, 3.63) is 41.5 Å². The Bertz CT molecular complexity index is 376. The van der Waals surface area contributed by atoms with Crippen LogP contribution in [0.15, 0.2) is 30.3 Å². The monoisotopic (exact) mass is 230 g/mol.